The molecule has 0 saturated heterocycles. The molecule has 3 aromatic rings. The van der Waals surface area contributed by atoms with E-state index in [4.69, 9.17) is 43.0 Å². The van der Waals surface area contributed by atoms with Crippen LogP contribution in [-0.2, 0) is 0 Å². The summed E-state index contributed by atoms with van der Waals surface area (Å²) in [5, 5.41) is 18.2. The molecule has 1 heterocycles. The van der Waals surface area contributed by atoms with Crippen molar-refractivity contribution in [2.45, 2.75) is 0 Å². The zero-order valence-corrected chi connectivity index (χ0v) is 15.0. The molecule has 0 aliphatic rings. The Morgan fingerprint density at radius 2 is 1.63 bits per heavy atom. The number of ether oxygens (including phenoxy) is 2. The predicted octanol–water partition coefficient (Wildman–Crippen LogP) is 5.54. The van der Waals surface area contributed by atoms with Crippen LogP contribution >= 0.6 is 23.2 Å². The number of carboxylic acid groups (broad SMARTS) is 1. The van der Waals surface area contributed by atoms with E-state index in [1.807, 2.05) is 6.07 Å². The third kappa shape index (κ3) is 4.47. The molecule has 0 spiro atoms. The molecule has 0 fully saturated rings. The van der Waals surface area contributed by atoms with Gasteiger partial charge in [0.05, 0.1) is 21.7 Å². The first-order valence-corrected chi connectivity index (χ1v) is 8.27. The van der Waals surface area contributed by atoms with E-state index in [2.05, 4.69) is 4.98 Å². The number of carbonyl (C=O) groups is 1. The number of nitrogens with zero attached hydrogens (tertiary/aromatic N) is 2. The van der Waals surface area contributed by atoms with Crippen LogP contribution in [0.4, 0.5) is 0 Å². The van der Waals surface area contributed by atoms with Crippen molar-refractivity contribution in [1.29, 1.82) is 5.26 Å². The van der Waals surface area contributed by atoms with Crippen molar-refractivity contribution in [1.82, 2.24) is 4.98 Å². The van der Waals surface area contributed by atoms with Crippen LogP contribution in [0, 0.1) is 11.3 Å². The molecule has 1 aromatic heterocycles. The highest BCUT2D eigenvalue weighted by atomic mass is 35.5. The van der Waals surface area contributed by atoms with Crippen LogP contribution in [0.3, 0.4) is 0 Å². The van der Waals surface area contributed by atoms with Crippen molar-refractivity contribution in [3.05, 3.63) is 75.9 Å². The Kier molecular flexibility index (Phi) is 5.46. The van der Waals surface area contributed by atoms with E-state index in [1.54, 1.807) is 36.4 Å². The first-order valence-electron chi connectivity index (χ1n) is 7.51. The summed E-state index contributed by atoms with van der Waals surface area (Å²) in [6.45, 7) is 0. The molecule has 0 bridgehead atoms. The number of rotatable bonds is 5. The Morgan fingerprint density at radius 1 is 0.963 bits per heavy atom. The molecule has 0 amide bonds. The molecule has 134 valence electrons. The van der Waals surface area contributed by atoms with E-state index in [9.17, 15) is 4.79 Å². The number of hydrogen-bond acceptors (Lipinski definition) is 5. The zero-order chi connectivity index (χ0) is 19.4. The summed E-state index contributed by atoms with van der Waals surface area (Å²) in [4.78, 5) is 14.9. The first kappa shape index (κ1) is 18.5. The van der Waals surface area contributed by atoms with Crippen LogP contribution in [0.15, 0.2) is 54.6 Å². The maximum Gasteiger partial charge on any atom is 0.356 e. The molecule has 0 saturated carbocycles. The summed E-state index contributed by atoms with van der Waals surface area (Å²) < 4.78 is 11.2. The quantitative estimate of drug-likeness (QED) is 0.603. The smallest absolute Gasteiger partial charge is 0.356 e. The normalized spacial score (nSPS) is 10.1. The second-order valence-corrected chi connectivity index (χ2v) is 6.03. The number of aromatic nitrogens is 1. The maximum absolute atomic E-state index is 11.1. The summed E-state index contributed by atoms with van der Waals surface area (Å²) in [5.74, 6) is 0.201. The molecule has 0 unspecified atom stereocenters. The SMILES string of the molecule is N#Cc1ccc(Oc2ccc(Oc3ccc(Cl)c(C(=O)O)n3)cc2)c(Cl)c1. The van der Waals surface area contributed by atoms with Crippen molar-refractivity contribution in [3.63, 3.8) is 0 Å². The van der Waals surface area contributed by atoms with Gasteiger partial charge in [-0.2, -0.15) is 5.26 Å². The van der Waals surface area contributed by atoms with Crippen LogP contribution < -0.4 is 9.47 Å². The molecule has 1 N–H and O–H groups in total. The van der Waals surface area contributed by atoms with Crippen LogP contribution in [0.5, 0.6) is 23.1 Å². The summed E-state index contributed by atoms with van der Waals surface area (Å²) in [7, 11) is 0. The Hall–Kier alpha value is -3.27. The van der Waals surface area contributed by atoms with Gasteiger partial charge >= 0.3 is 5.97 Å². The minimum atomic E-state index is -1.24. The van der Waals surface area contributed by atoms with Gasteiger partial charge in [-0.1, -0.05) is 23.2 Å². The standard InChI is InChI=1S/C19H10Cl2N2O4/c20-14-6-8-17(23-18(14)19(24)25)27-13-4-2-12(3-5-13)26-16-7-1-11(10-22)9-15(16)21/h1-9H,(H,24,25). The monoisotopic (exact) mass is 400 g/mol. The third-order valence-corrected chi connectivity index (χ3v) is 3.96. The summed E-state index contributed by atoms with van der Waals surface area (Å²) in [5.41, 5.74) is 0.150. The molecule has 3 rings (SSSR count). The number of benzene rings is 2. The van der Waals surface area contributed by atoms with Gasteiger partial charge in [-0.25, -0.2) is 9.78 Å². The Labute approximate surface area is 164 Å². The highest BCUT2D eigenvalue weighted by Crippen LogP contribution is 2.31. The van der Waals surface area contributed by atoms with Crippen LogP contribution in [0.1, 0.15) is 16.1 Å². The summed E-state index contributed by atoms with van der Waals surface area (Å²) in [6, 6.07) is 16.1. The number of halogens is 2. The average Bonchev–Trinajstić information content (AvgIpc) is 2.66. The van der Waals surface area contributed by atoms with E-state index < -0.39 is 5.97 Å². The molecule has 6 nitrogen and oxygen atoms in total. The van der Waals surface area contributed by atoms with Crippen LogP contribution in [-0.4, -0.2) is 16.1 Å². The van der Waals surface area contributed by atoms with Crippen molar-refractivity contribution in [3.8, 4) is 29.2 Å². The largest absolute Gasteiger partial charge is 0.476 e. The lowest BCUT2D eigenvalue weighted by Gasteiger charge is -2.09. The fourth-order valence-corrected chi connectivity index (χ4v) is 2.51. The molecule has 0 aliphatic carbocycles. The van der Waals surface area contributed by atoms with Gasteiger partial charge in [-0.3, -0.25) is 0 Å². The van der Waals surface area contributed by atoms with Crippen molar-refractivity contribution >= 4 is 29.2 Å². The molecule has 27 heavy (non-hydrogen) atoms. The number of nitriles is 1. The van der Waals surface area contributed by atoms with Crippen molar-refractivity contribution < 1.29 is 19.4 Å². The summed E-state index contributed by atoms with van der Waals surface area (Å²) >= 11 is 11.9. The average molecular weight is 401 g/mol. The molecule has 2 aromatic carbocycles. The van der Waals surface area contributed by atoms with Gasteiger partial charge in [-0.15, -0.1) is 0 Å². The van der Waals surface area contributed by atoms with Crippen LogP contribution in [0.2, 0.25) is 10.0 Å². The molecule has 8 heteroatoms. The number of aromatic carboxylic acids is 1. The second kappa shape index (κ2) is 7.96. The Morgan fingerprint density at radius 3 is 2.22 bits per heavy atom. The molecule has 0 aliphatic heterocycles. The molecule has 0 atom stereocenters. The Balaban J connectivity index is 1.73. The number of pyridine rings is 1. The zero-order valence-electron chi connectivity index (χ0n) is 13.5. The van der Waals surface area contributed by atoms with E-state index in [0.29, 0.717) is 27.8 Å². The van der Waals surface area contributed by atoms with Gasteiger partial charge in [0.25, 0.3) is 0 Å². The van der Waals surface area contributed by atoms with Gasteiger partial charge in [-0.05, 0) is 48.5 Å². The Bertz CT molecular complexity index is 1050. The fourth-order valence-electron chi connectivity index (χ4n) is 2.11. The van der Waals surface area contributed by atoms with E-state index in [1.165, 1.54) is 18.2 Å². The predicted molar refractivity (Wildman–Crippen MR) is 99.0 cm³/mol. The lowest BCUT2D eigenvalue weighted by molar-refractivity contribution is 0.0690. The first-order chi connectivity index (χ1) is 13.0. The molecular formula is C19H10Cl2N2O4. The number of hydrogen-bond donors (Lipinski definition) is 1. The minimum absolute atomic E-state index is 0.0258. The third-order valence-electron chi connectivity index (χ3n) is 3.36. The lowest BCUT2D eigenvalue weighted by atomic mass is 10.2. The highest BCUT2D eigenvalue weighted by Gasteiger charge is 2.12. The second-order valence-electron chi connectivity index (χ2n) is 5.22. The van der Waals surface area contributed by atoms with Crippen molar-refractivity contribution in [2.75, 3.05) is 0 Å². The van der Waals surface area contributed by atoms with Gasteiger partial charge < -0.3 is 14.6 Å². The highest BCUT2D eigenvalue weighted by molar-refractivity contribution is 6.33. The lowest BCUT2D eigenvalue weighted by Crippen LogP contribution is -2.02. The topological polar surface area (TPSA) is 92.4 Å². The van der Waals surface area contributed by atoms with E-state index in [0.717, 1.165) is 0 Å². The van der Waals surface area contributed by atoms with Gasteiger partial charge in [0, 0.05) is 6.07 Å². The van der Waals surface area contributed by atoms with E-state index in [-0.39, 0.29) is 16.6 Å². The molecule has 0 radical (unpaired) electrons. The van der Waals surface area contributed by atoms with E-state index >= 15 is 0 Å². The van der Waals surface area contributed by atoms with Gasteiger partial charge in [0.1, 0.15) is 17.2 Å². The van der Waals surface area contributed by atoms with Crippen LogP contribution in [0.25, 0.3) is 0 Å². The summed E-state index contributed by atoms with van der Waals surface area (Å²) in [6.07, 6.45) is 0. The maximum atomic E-state index is 11.1. The fraction of sp³-hybridized carbons (Fsp3) is 0. The van der Waals surface area contributed by atoms with Gasteiger partial charge in [0.15, 0.2) is 5.69 Å². The minimum Gasteiger partial charge on any atom is -0.476 e. The van der Waals surface area contributed by atoms with Gasteiger partial charge in [0.2, 0.25) is 5.88 Å². The molecular weight excluding hydrogens is 391 g/mol. The van der Waals surface area contributed by atoms with Crippen molar-refractivity contribution in [2.24, 2.45) is 0 Å². The number of carboxylic acids is 1.